The third-order valence-electron chi connectivity index (χ3n) is 5.04. The standard InChI is InChI=1S/C26H39NO11/c1-6-12-33-24(30)37-20-9-8-19(16-21(20)38-25(31)34-13-7-2)17-26(27,22(28)32-5)11-15-36-23(29)35-14-10-18(3)4/h8-9,16,18H,6-7,10-15,17,27H2,1-5H3/t26-/m1/s1. The Morgan fingerprint density at radius 3 is 1.92 bits per heavy atom. The SMILES string of the molecule is CCCOC(=O)Oc1ccc(C[C@](N)(CCOC(=O)OCCC(C)C)C(=O)OC)cc1OC(=O)OCCC. The first kappa shape index (κ1) is 32.5. The van der Waals surface area contributed by atoms with E-state index in [0.29, 0.717) is 30.7 Å². The summed E-state index contributed by atoms with van der Waals surface area (Å²) in [5.41, 5.74) is 5.19. The monoisotopic (exact) mass is 541 g/mol. The zero-order chi connectivity index (χ0) is 28.6. The van der Waals surface area contributed by atoms with Crippen LogP contribution in [0.25, 0.3) is 0 Å². The highest BCUT2D eigenvalue weighted by molar-refractivity contribution is 5.81. The fourth-order valence-corrected chi connectivity index (χ4v) is 3.00. The molecule has 1 rings (SSSR count). The maximum atomic E-state index is 12.5. The van der Waals surface area contributed by atoms with Crippen molar-refractivity contribution >= 4 is 24.4 Å². The summed E-state index contributed by atoms with van der Waals surface area (Å²) in [6.45, 7) is 7.91. The molecule has 0 aliphatic heterocycles. The van der Waals surface area contributed by atoms with Gasteiger partial charge >= 0.3 is 24.4 Å². The van der Waals surface area contributed by atoms with Crippen molar-refractivity contribution in [2.45, 2.75) is 65.3 Å². The normalized spacial score (nSPS) is 12.2. The van der Waals surface area contributed by atoms with Crippen molar-refractivity contribution in [3.8, 4) is 11.5 Å². The average Bonchev–Trinajstić information content (AvgIpc) is 2.86. The number of rotatable bonds is 15. The van der Waals surface area contributed by atoms with Crippen molar-refractivity contribution in [3.63, 3.8) is 0 Å². The van der Waals surface area contributed by atoms with Gasteiger partial charge in [0.1, 0.15) is 5.54 Å². The molecule has 12 nitrogen and oxygen atoms in total. The van der Waals surface area contributed by atoms with E-state index in [4.69, 9.17) is 38.9 Å². The van der Waals surface area contributed by atoms with Crippen LogP contribution in [0.4, 0.5) is 14.4 Å². The minimum Gasteiger partial charge on any atom is -0.468 e. The highest BCUT2D eigenvalue weighted by Crippen LogP contribution is 2.31. The Hall–Kier alpha value is -3.54. The lowest BCUT2D eigenvalue weighted by Crippen LogP contribution is -2.51. The quantitative estimate of drug-likeness (QED) is 0.188. The Bertz CT molecular complexity index is 918. The second kappa shape index (κ2) is 17.1. The first-order valence-corrected chi connectivity index (χ1v) is 12.5. The summed E-state index contributed by atoms with van der Waals surface area (Å²) in [5.74, 6) is -0.631. The highest BCUT2D eigenvalue weighted by Gasteiger charge is 2.36. The van der Waals surface area contributed by atoms with Crippen LogP contribution in [0.2, 0.25) is 0 Å². The molecular formula is C26H39NO11. The Kier molecular flexibility index (Phi) is 14.6. The highest BCUT2D eigenvalue weighted by atomic mass is 16.7. The van der Waals surface area contributed by atoms with Gasteiger partial charge in [-0.3, -0.25) is 4.79 Å². The molecule has 0 aliphatic carbocycles. The lowest BCUT2D eigenvalue weighted by molar-refractivity contribution is -0.147. The van der Waals surface area contributed by atoms with Gasteiger partial charge in [0.05, 0.1) is 33.5 Å². The predicted molar refractivity (Wildman–Crippen MR) is 135 cm³/mol. The van der Waals surface area contributed by atoms with E-state index in [9.17, 15) is 19.2 Å². The van der Waals surface area contributed by atoms with E-state index in [-0.39, 0.29) is 50.8 Å². The lowest BCUT2D eigenvalue weighted by atomic mass is 9.88. The van der Waals surface area contributed by atoms with E-state index in [1.54, 1.807) is 0 Å². The van der Waals surface area contributed by atoms with Gasteiger partial charge in [-0.25, -0.2) is 14.4 Å². The molecule has 1 atom stereocenters. The van der Waals surface area contributed by atoms with Crippen LogP contribution in [0.5, 0.6) is 11.5 Å². The van der Waals surface area contributed by atoms with Crippen LogP contribution >= 0.6 is 0 Å². The van der Waals surface area contributed by atoms with Crippen molar-refractivity contribution in [2.75, 3.05) is 33.5 Å². The number of carbonyl (C=O) groups excluding carboxylic acids is 4. The molecule has 1 aromatic carbocycles. The summed E-state index contributed by atoms with van der Waals surface area (Å²) in [5, 5.41) is 0. The van der Waals surface area contributed by atoms with Crippen molar-refractivity contribution in [2.24, 2.45) is 11.7 Å². The minimum absolute atomic E-state index is 0.0880. The lowest BCUT2D eigenvalue weighted by Gasteiger charge is -2.26. The topological polar surface area (TPSA) is 159 Å². The molecule has 1 aromatic rings. The Morgan fingerprint density at radius 2 is 1.37 bits per heavy atom. The Morgan fingerprint density at radius 1 is 0.816 bits per heavy atom. The number of benzene rings is 1. The fraction of sp³-hybridized carbons (Fsp3) is 0.615. The van der Waals surface area contributed by atoms with Gasteiger partial charge in [-0.1, -0.05) is 33.8 Å². The molecule has 12 heteroatoms. The van der Waals surface area contributed by atoms with Gasteiger partial charge in [0.2, 0.25) is 0 Å². The molecule has 0 saturated carbocycles. The van der Waals surface area contributed by atoms with Gasteiger partial charge in [0.25, 0.3) is 0 Å². The summed E-state index contributed by atoms with van der Waals surface area (Å²) in [7, 11) is 1.18. The Balaban J connectivity index is 3.03. The molecule has 0 saturated heterocycles. The van der Waals surface area contributed by atoms with Crippen molar-refractivity contribution in [1.29, 1.82) is 0 Å². The smallest absolute Gasteiger partial charge is 0.468 e. The summed E-state index contributed by atoms with van der Waals surface area (Å²) in [6.07, 6.45) is -1.18. The van der Waals surface area contributed by atoms with Crippen molar-refractivity contribution in [3.05, 3.63) is 23.8 Å². The zero-order valence-electron chi connectivity index (χ0n) is 22.7. The first-order chi connectivity index (χ1) is 18.0. The maximum absolute atomic E-state index is 12.5. The van der Waals surface area contributed by atoms with Gasteiger partial charge < -0.3 is 38.9 Å². The van der Waals surface area contributed by atoms with Gasteiger partial charge in [-0.15, -0.1) is 0 Å². The third-order valence-corrected chi connectivity index (χ3v) is 5.04. The molecule has 0 heterocycles. The van der Waals surface area contributed by atoms with Crippen LogP contribution < -0.4 is 15.2 Å². The van der Waals surface area contributed by atoms with E-state index in [1.165, 1.54) is 25.3 Å². The van der Waals surface area contributed by atoms with Crippen LogP contribution in [0.3, 0.4) is 0 Å². The zero-order valence-corrected chi connectivity index (χ0v) is 22.7. The maximum Gasteiger partial charge on any atom is 0.513 e. The van der Waals surface area contributed by atoms with Gasteiger partial charge in [-0.2, -0.15) is 0 Å². The van der Waals surface area contributed by atoms with Gasteiger partial charge in [0.15, 0.2) is 11.5 Å². The summed E-state index contributed by atoms with van der Waals surface area (Å²) >= 11 is 0. The van der Waals surface area contributed by atoms with Gasteiger partial charge in [-0.05, 0) is 42.9 Å². The number of hydrogen-bond acceptors (Lipinski definition) is 12. The van der Waals surface area contributed by atoms with E-state index in [1.807, 2.05) is 27.7 Å². The van der Waals surface area contributed by atoms with Crippen LogP contribution in [-0.2, 0) is 34.9 Å². The molecule has 0 aromatic heterocycles. The molecule has 2 N–H and O–H groups in total. The van der Waals surface area contributed by atoms with Crippen molar-refractivity contribution in [1.82, 2.24) is 0 Å². The van der Waals surface area contributed by atoms with Crippen LogP contribution in [-0.4, -0.2) is 63.5 Å². The number of esters is 1. The molecular weight excluding hydrogens is 502 g/mol. The van der Waals surface area contributed by atoms with E-state index in [0.717, 1.165) is 0 Å². The number of carbonyl (C=O) groups is 4. The van der Waals surface area contributed by atoms with E-state index < -0.39 is 30.0 Å². The molecule has 0 bridgehead atoms. The largest absolute Gasteiger partial charge is 0.513 e. The van der Waals surface area contributed by atoms with Crippen LogP contribution in [0, 0.1) is 5.92 Å². The third kappa shape index (κ3) is 12.1. The molecule has 0 unspecified atom stereocenters. The molecule has 214 valence electrons. The molecule has 0 amide bonds. The first-order valence-electron chi connectivity index (χ1n) is 12.5. The molecule has 0 fully saturated rings. The molecule has 0 spiro atoms. The number of ether oxygens (including phenoxy) is 7. The fourth-order valence-electron chi connectivity index (χ4n) is 3.00. The van der Waals surface area contributed by atoms with Gasteiger partial charge in [0, 0.05) is 12.8 Å². The van der Waals surface area contributed by atoms with Crippen LogP contribution in [0.15, 0.2) is 18.2 Å². The van der Waals surface area contributed by atoms with E-state index in [2.05, 4.69) is 0 Å². The molecule has 0 aliphatic rings. The van der Waals surface area contributed by atoms with Crippen LogP contribution in [0.1, 0.15) is 58.9 Å². The second-order valence-corrected chi connectivity index (χ2v) is 8.89. The predicted octanol–water partition coefficient (Wildman–Crippen LogP) is 4.54. The average molecular weight is 542 g/mol. The summed E-state index contributed by atoms with van der Waals surface area (Å²) in [6, 6.07) is 4.27. The van der Waals surface area contributed by atoms with E-state index >= 15 is 0 Å². The number of nitrogens with two attached hydrogens (primary N) is 1. The Labute approximate surface area is 223 Å². The molecule has 38 heavy (non-hydrogen) atoms. The summed E-state index contributed by atoms with van der Waals surface area (Å²) < 4.78 is 35.1. The number of hydrogen-bond donors (Lipinski definition) is 1. The molecule has 0 radical (unpaired) electrons. The minimum atomic E-state index is -1.60. The summed E-state index contributed by atoms with van der Waals surface area (Å²) in [4.78, 5) is 48.4. The van der Waals surface area contributed by atoms with Crippen molar-refractivity contribution < 1.29 is 52.3 Å². The second-order valence-electron chi connectivity index (χ2n) is 8.89. The number of methoxy groups -OCH3 is 1.